The number of esters is 1. The number of fused-ring (bicyclic) bond motifs is 1. The van der Waals surface area contributed by atoms with Crippen LogP contribution in [-0.2, 0) is 22.5 Å². The Morgan fingerprint density at radius 1 is 0.767 bits per heavy atom. The normalized spacial score (nSPS) is 11.0. The summed E-state index contributed by atoms with van der Waals surface area (Å²) in [6, 6.07) is 22.5. The van der Waals surface area contributed by atoms with Crippen molar-refractivity contribution in [3.63, 3.8) is 0 Å². The van der Waals surface area contributed by atoms with Gasteiger partial charge in [0.1, 0.15) is 0 Å². The molecule has 0 aliphatic heterocycles. The number of benzene rings is 1. The summed E-state index contributed by atoms with van der Waals surface area (Å²) >= 11 is 0. The van der Waals surface area contributed by atoms with Gasteiger partial charge in [0.25, 0.3) is 0 Å². The van der Waals surface area contributed by atoms with Gasteiger partial charge in [-0.05, 0) is 47.6 Å². The van der Waals surface area contributed by atoms with E-state index in [1.807, 2.05) is 48.5 Å². The van der Waals surface area contributed by atoms with Gasteiger partial charge in [0.15, 0.2) is 0 Å². The van der Waals surface area contributed by atoms with E-state index < -0.39 is 0 Å². The maximum absolute atomic E-state index is 12.1. The van der Waals surface area contributed by atoms with Crippen molar-refractivity contribution in [3.05, 3.63) is 83.4 Å². The van der Waals surface area contributed by atoms with Gasteiger partial charge < -0.3 is 9.47 Å². The standard InChI is InChI=1S/C27H32O3/c1-29-27(28)26-20-23(24-17-11-7-12-18-25(24)26)16-10-4-2-3-5-13-19-30-21-22-14-8-6-9-15-22/h6-9,11-12,14-15,17-18,20H,2-5,10,13,16,19,21H2,1H3. The summed E-state index contributed by atoms with van der Waals surface area (Å²) in [5.74, 6) is -0.257. The summed E-state index contributed by atoms with van der Waals surface area (Å²) in [5.41, 5.74) is 5.31. The van der Waals surface area contributed by atoms with Crippen molar-refractivity contribution >= 4 is 5.97 Å². The summed E-state index contributed by atoms with van der Waals surface area (Å²) in [6.07, 6.45) is 8.19. The molecule has 2 aliphatic carbocycles. The first kappa shape index (κ1) is 22.0. The molecule has 158 valence electrons. The maximum Gasteiger partial charge on any atom is 0.338 e. The second-order valence-electron chi connectivity index (χ2n) is 7.72. The molecule has 1 aromatic carbocycles. The van der Waals surface area contributed by atoms with Crippen LogP contribution in [0.1, 0.15) is 60.0 Å². The Morgan fingerprint density at radius 2 is 1.40 bits per heavy atom. The fourth-order valence-electron chi connectivity index (χ4n) is 3.87. The SMILES string of the molecule is COC(=O)c1cc(CCCCCCCCOCc2ccccc2)c2cccccc1-2. The van der Waals surface area contributed by atoms with Crippen LogP contribution in [0.25, 0.3) is 11.1 Å². The van der Waals surface area contributed by atoms with Gasteiger partial charge in [-0.3, -0.25) is 0 Å². The molecule has 3 heteroatoms. The van der Waals surface area contributed by atoms with Crippen LogP contribution in [0.2, 0.25) is 0 Å². The van der Waals surface area contributed by atoms with Crippen LogP contribution < -0.4 is 0 Å². The summed E-state index contributed by atoms with van der Waals surface area (Å²) < 4.78 is 10.7. The molecule has 0 bridgehead atoms. The highest BCUT2D eigenvalue weighted by atomic mass is 16.5. The fourth-order valence-corrected chi connectivity index (χ4v) is 3.87. The van der Waals surface area contributed by atoms with Gasteiger partial charge in [0.05, 0.1) is 19.3 Å². The molecule has 0 atom stereocenters. The molecule has 0 saturated heterocycles. The Balaban J connectivity index is 1.33. The summed E-state index contributed by atoms with van der Waals surface area (Å²) in [6.45, 7) is 1.54. The third kappa shape index (κ3) is 6.43. The molecule has 2 aliphatic rings. The average molecular weight is 405 g/mol. The van der Waals surface area contributed by atoms with E-state index in [2.05, 4.69) is 18.2 Å². The van der Waals surface area contributed by atoms with Gasteiger partial charge in [0.2, 0.25) is 0 Å². The summed E-state index contributed by atoms with van der Waals surface area (Å²) in [5, 5.41) is 0. The molecular weight excluding hydrogens is 372 g/mol. The number of ether oxygens (including phenoxy) is 2. The number of hydrogen-bond acceptors (Lipinski definition) is 3. The summed E-state index contributed by atoms with van der Waals surface area (Å²) in [4.78, 5) is 12.1. The van der Waals surface area contributed by atoms with Gasteiger partial charge in [-0.1, -0.05) is 86.3 Å². The molecule has 0 amide bonds. The van der Waals surface area contributed by atoms with Crippen LogP contribution >= 0.6 is 0 Å². The number of hydrogen-bond donors (Lipinski definition) is 0. The quantitative estimate of drug-likeness (QED) is 0.249. The van der Waals surface area contributed by atoms with Crippen LogP contribution in [0.5, 0.6) is 0 Å². The first-order valence-corrected chi connectivity index (χ1v) is 11.0. The lowest BCUT2D eigenvalue weighted by atomic mass is 10.0. The van der Waals surface area contributed by atoms with E-state index in [9.17, 15) is 4.79 Å². The van der Waals surface area contributed by atoms with Gasteiger partial charge in [-0.2, -0.15) is 0 Å². The zero-order valence-electron chi connectivity index (χ0n) is 17.9. The Hall–Kier alpha value is -2.65. The van der Waals surface area contributed by atoms with Crippen molar-refractivity contribution in [2.24, 2.45) is 0 Å². The predicted molar refractivity (Wildman–Crippen MR) is 122 cm³/mol. The molecule has 0 unspecified atom stereocenters. The van der Waals surface area contributed by atoms with Crippen molar-refractivity contribution in [2.75, 3.05) is 13.7 Å². The van der Waals surface area contributed by atoms with E-state index in [0.717, 1.165) is 37.0 Å². The molecule has 1 aromatic rings. The Bertz CT molecular complexity index is 872. The minimum atomic E-state index is -0.257. The van der Waals surface area contributed by atoms with Crippen molar-refractivity contribution in [2.45, 2.75) is 51.6 Å². The van der Waals surface area contributed by atoms with E-state index in [0.29, 0.717) is 12.2 Å². The van der Waals surface area contributed by atoms with E-state index in [-0.39, 0.29) is 5.97 Å². The second-order valence-corrected chi connectivity index (χ2v) is 7.72. The average Bonchev–Trinajstić information content (AvgIpc) is 2.95. The van der Waals surface area contributed by atoms with Gasteiger partial charge in [0, 0.05) is 6.61 Å². The molecule has 0 fully saturated rings. The topological polar surface area (TPSA) is 35.5 Å². The second kappa shape index (κ2) is 12.1. The lowest BCUT2D eigenvalue weighted by Crippen LogP contribution is -1.99. The minimum Gasteiger partial charge on any atom is -0.465 e. The Kier molecular flexibility index (Phi) is 8.92. The molecule has 3 rings (SSSR count). The third-order valence-corrected chi connectivity index (χ3v) is 5.49. The molecule has 3 nitrogen and oxygen atoms in total. The zero-order valence-corrected chi connectivity index (χ0v) is 17.9. The third-order valence-electron chi connectivity index (χ3n) is 5.49. The van der Waals surface area contributed by atoms with Gasteiger partial charge >= 0.3 is 5.97 Å². The molecular formula is C27H32O3. The van der Waals surface area contributed by atoms with E-state index in [1.165, 1.54) is 43.9 Å². The number of methoxy groups -OCH3 is 1. The highest BCUT2D eigenvalue weighted by Crippen LogP contribution is 2.33. The smallest absolute Gasteiger partial charge is 0.338 e. The highest BCUT2D eigenvalue weighted by molar-refractivity contribution is 6.00. The number of aryl methyl sites for hydroxylation is 1. The molecule has 0 spiro atoms. The predicted octanol–water partition coefficient (Wildman–Crippen LogP) is 6.68. The van der Waals surface area contributed by atoms with E-state index in [4.69, 9.17) is 9.47 Å². The van der Waals surface area contributed by atoms with Crippen LogP contribution in [0, 0.1) is 0 Å². The van der Waals surface area contributed by atoms with Crippen LogP contribution in [-0.4, -0.2) is 19.7 Å². The number of rotatable bonds is 12. The monoisotopic (exact) mass is 404 g/mol. The van der Waals surface area contributed by atoms with Gasteiger partial charge in [-0.15, -0.1) is 0 Å². The molecule has 0 N–H and O–H groups in total. The van der Waals surface area contributed by atoms with Crippen LogP contribution in [0.4, 0.5) is 0 Å². The van der Waals surface area contributed by atoms with Crippen LogP contribution in [0.15, 0.2) is 66.7 Å². The first-order chi connectivity index (χ1) is 14.8. The number of unbranched alkanes of at least 4 members (excludes halogenated alkanes) is 5. The molecule has 0 aromatic heterocycles. The fraction of sp³-hybridized carbons (Fsp3) is 0.370. The molecule has 0 radical (unpaired) electrons. The maximum atomic E-state index is 12.1. The van der Waals surface area contributed by atoms with Crippen molar-refractivity contribution < 1.29 is 14.3 Å². The minimum absolute atomic E-state index is 0.257. The van der Waals surface area contributed by atoms with Crippen LogP contribution in [0.3, 0.4) is 0 Å². The van der Waals surface area contributed by atoms with E-state index >= 15 is 0 Å². The summed E-state index contributed by atoms with van der Waals surface area (Å²) in [7, 11) is 1.44. The Labute approximate surface area is 180 Å². The van der Waals surface area contributed by atoms with E-state index in [1.54, 1.807) is 0 Å². The molecule has 0 saturated carbocycles. The number of carbonyl (C=O) groups is 1. The van der Waals surface area contributed by atoms with Gasteiger partial charge in [-0.25, -0.2) is 4.79 Å². The van der Waals surface area contributed by atoms with Crippen molar-refractivity contribution in [1.82, 2.24) is 0 Å². The number of carbonyl (C=O) groups excluding carboxylic acids is 1. The molecule has 0 heterocycles. The van der Waals surface area contributed by atoms with Crippen molar-refractivity contribution in [3.8, 4) is 11.1 Å². The first-order valence-electron chi connectivity index (χ1n) is 11.0. The zero-order chi connectivity index (χ0) is 21.0. The lowest BCUT2D eigenvalue weighted by Gasteiger charge is -2.05. The lowest BCUT2D eigenvalue weighted by molar-refractivity contribution is 0.0602. The highest BCUT2D eigenvalue weighted by Gasteiger charge is 2.19. The Morgan fingerprint density at radius 3 is 2.13 bits per heavy atom. The van der Waals surface area contributed by atoms with Crippen molar-refractivity contribution in [1.29, 1.82) is 0 Å². The largest absolute Gasteiger partial charge is 0.465 e. The molecule has 30 heavy (non-hydrogen) atoms.